The summed E-state index contributed by atoms with van der Waals surface area (Å²) in [6.45, 7) is 5.27. The lowest BCUT2D eigenvalue weighted by Gasteiger charge is -2.38. The molecule has 0 N–H and O–H groups in total. The van der Waals surface area contributed by atoms with E-state index >= 15 is 0 Å². The van der Waals surface area contributed by atoms with Gasteiger partial charge in [-0.1, -0.05) is 25.3 Å². The molecule has 0 aromatic heterocycles. The molecule has 5 nitrogen and oxygen atoms in total. The zero-order valence-electron chi connectivity index (χ0n) is 20.5. The topological polar surface area (TPSA) is 48.0 Å². The molecule has 0 spiro atoms. The highest BCUT2D eigenvalue weighted by atomic mass is 16.5. The summed E-state index contributed by atoms with van der Waals surface area (Å²) in [5.41, 5.74) is 4.64. The molecule has 1 aliphatic carbocycles. The van der Waals surface area contributed by atoms with E-state index in [1.165, 1.54) is 48.8 Å². The summed E-state index contributed by atoms with van der Waals surface area (Å²) in [5.74, 6) is 3.02. The van der Waals surface area contributed by atoms with Gasteiger partial charge in [-0.25, -0.2) is 0 Å². The first-order valence-corrected chi connectivity index (χ1v) is 12.2. The molecule has 4 rings (SSSR count). The third-order valence-electron chi connectivity index (χ3n) is 7.11. The Morgan fingerprint density at radius 2 is 1.61 bits per heavy atom. The number of carbonyl (C=O) groups excluding carboxylic acids is 1. The van der Waals surface area contributed by atoms with Gasteiger partial charge in [0.05, 0.1) is 20.3 Å². The predicted octanol–water partition coefficient (Wildman–Crippen LogP) is 5.80. The summed E-state index contributed by atoms with van der Waals surface area (Å²) in [6.07, 6.45) is 7.59. The van der Waals surface area contributed by atoms with Crippen LogP contribution < -0.4 is 14.2 Å². The predicted molar refractivity (Wildman–Crippen MR) is 130 cm³/mol. The molecule has 2 aromatic carbocycles. The van der Waals surface area contributed by atoms with Gasteiger partial charge < -0.3 is 19.1 Å². The first-order valence-electron chi connectivity index (χ1n) is 12.2. The third-order valence-corrected chi connectivity index (χ3v) is 7.11. The fourth-order valence-electron chi connectivity index (χ4n) is 5.45. The number of benzene rings is 2. The van der Waals surface area contributed by atoms with Crippen LogP contribution in [0.25, 0.3) is 0 Å². The molecule has 0 radical (unpaired) electrons. The minimum atomic E-state index is -0.148. The second kappa shape index (κ2) is 10.5. The van der Waals surface area contributed by atoms with Crippen LogP contribution in [0.5, 0.6) is 17.2 Å². The summed E-state index contributed by atoms with van der Waals surface area (Å²) >= 11 is 0. The van der Waals surface area contributed by atoms with Crippen LogP contribution in [-0.2, 0) is 11.2 Å². The molecule has 2 aliphatic rings. The van der Waals surface area contributed by atoms with E-state index in [0.717, 1.165) is 23.5 Å². The van der Waals surface area contributed by atoms with Gasteiger partial charge in [-0.3, -0.25) is 4.79 Å². The minimum Gasteiger partial charge on any atom is -0.493 e. The number of carbonyl (C=O) groups is 1. The summed E-state index contributed by atoms with van der Waals surface area (Å²) in [7, 11) is 3.31. The summed E-state index contributed by atoms with van der Waals surface area (Å²) in [6, 6.07) is 10.2. The maximum absolute atomic E-state index is 13.5. The average Bonchev–Trinajstić information content (AvgIpc) is 2.81. The monoisotopic (exact) mass is 451 g/mol. The Kier molecular flexibility index (Phi) is 7.46. The van der Waals surface area contributed by atoms with E-state index in [9.17, 15) is 4.79 Å². The highest BCUT2D eigenvalue weighted by molar-refractivity contribution is 5.77. The molecular formula is C28H37NO4. The van der Waals surface area contributed by atoms with Gasteiger partial charge in [0.1, 0.15) is 12.4 Å². The number of methoxy groups -OCH3 is 2. The molecule has 1 fully saturated rings. The number of hydrogen-bond donors (Lipinski definition) is 0. The maximum atomic E-state index is 13.5. The number of ether oxygens (including phenoxy) is 3. The normalized spacial score (nSPS) is 18.5. The summed E-state index contributed by atoms with van der Waals surface area (Å²) < 4.78 is 17.4. The number of fused-ring (bicyclic) bond motifs is 1. The molecular weight excluding hydrogens is 414 g/mol. The lowest BCUT2D eigenvalue weighted by molar-refractivity contribution is -0.136. The highest BCUT2D eigenvalue weighted by Gasteiger charge is 2.34. The van der Waals surface area contributed by atoms with Crippen LogP contribution in [0.1, 0.15) is 66.8 Å². The van der Waals surface area contributed by atoms with Gasteiger partial charge in [0.25, 0.3) is 0 Å². The second-order valence-electron chi connectivity index (χ2n) is 9.60. The van der Waals surface area contributed by atoms with E-state index in [-0.39, 0.29) is 11.9 Å². The van der Waals surface area contributed by atoms with E-state index in [4.69, 9.17) is 14.2 Å². The molecule has 1 aliphatic heterocycles. The maximum Gasteiger partial charge on any atom is 0.223 e. The van der Waals surface area contributed by atoms with Crippen molar-refractivity contribution in [3.63, 3.8) is 0 Å². The fourth-order valence-corrected chi connectivity index (χ4v) is 5.45. The van der Waals surface area contributed by atoms with E-state index < -0.39 is 0 Å². The number of hydrogen-bond acceptors (Lipinski definition) is 4. The van der Waals surface area contributed by atoms with Gasteiger partial charge in [-0.2, -0.15) is 0 Å². The Labute approximate surface area is 198 Å². The van der Waals surface area contributed by atoms with Gasteiger partial charge in [0.2, 0.25) is 5.91 Å². The van der Waals surface area contributed by atoms with E-state index in [1.807, 2.05) is 11.0 Å². The molecule has 1 unspecified atom stereocenters. The second-order valence-corrected chi connectivity index (χ2v) is 9.60. The number of nitrogens with zero attached hydrogens (tertiary/aromatic N) is 1. The van der Waals surface area contributed by atoms with Crippen molar-refractivity contribution in [2.24, 2.45) is 5.92 Å². The first-order chi connectivity index (χ1) is 16.0. The van der Waals surface area contributed by atoms with E-state index in [2.05, 4.69) is 38.1 Å². The fraction of sp³-hybridized carbons (Fsp3) is 0.536. The Morgan fingerprint density at radius 1 is 0.939 bits per heavy atom. The Bertz CT molecular complexity index is 960. The Morgan fingerprint density at radius 3 is 2.27 bits per heavy atom. The SMILES string of the molecule is COc1cc2c(cc1OC)C(COc1cc(C)cc(C)c1)N(C(=O)CC1CCCCC1)CC2. The van der Waals surface area contributed by atoms with Gasteiger partial charge >= 0.3 is 0 Å². The smallest absolute Gasteiger partial charge is 0.223 e. The lowest BCUT2D eigenvalue weighted by atomic mass is 9.85. The number of rotatable bonds is 7. The number of amides is 1. The van der Waals surface area contributed by atoms with Gasteiger partial charge in [-0.05, 0) is 85.5 Å². The summed E-state index contributed by atoms with van der Waals surface area (Å²) in [4.78, 5) is 15.5. The zero-order chi connectivity index (χ0) is 23.4. The molecule has 1 heterocycles. The highest BCUT2D eigenvalue weighted by Crippen LogP contribution is 2.39. The molecule has 1 amide bonds. The van der Waals surface area contributed by atoms with E-state index in [0.29, 0.717) is 31.2 Å². The molecule has 1 saturated carbocycles. The quantitative estimate of drug-likeness (QED) is 0.534. The van der Waals surface area contributed by atoms with Crippen molar-refractivity contribution >= 4 is 5.91 Å². The summed E-state index contributed by atoms with van der Waals surface area (Å²) in [5, 5.41) is 0. The molecule has 2 aromatic rings. The molecule has 1 atom stereocenters. The van der Waals surface area contributed by atoms with Crippen LogP contribution in [0.2, 0.25) is 0 Å². The molecule has 178 valence electrons. The van der Waals surface area contributed by atoms with Crippen LogP contribution in [0.4, 0.5) is 0 Å². The van der Waals surface area contributed by atoms with Gasteiger partial charge in [0, 0.05) is 13.0 Å². The average molecular weight is 452 g/mol. The van der Waals surface area contributed by atoms with Gasteiger partial charge in [0.15, 0.2) is 11.5 Å². The molecule has 5 heteroatoms. The zero-order valence-corrected chi connectivity index (χ0v) is 20.5. The minimum absolute atomic E-state index is 0.148. The van der Waals surface area contributed by atoms with Crippen LogP contribution in [0.3, 0.4) is 0 Å². The third kappa shape index (κ3) is 5.45. The van der Waals surface area contributed by atoms with Crippen molar-refractivity contribution in [1.82, 2.24) is 4.90 Å². The largest absolute Gasteiger partial charge is 0.493 e. The van der Waals surface area contributed by atoms with Crippen LogP contribution >= 0.6 is 0 Å². The molecule has 0 saturated heterocycles. The van der Waals surface area contributed by atoms with Crippen molar-refractivity contribution in [2.75, 3.05) is 27.4 Å². The van der Waals surface area contributed by atoms with Gasteiger partial charge in [-0.15, -0.1) is 0 Å². The lowest BCUT2D eigenvalue weighted by Crippen LogP contribution is -2.43. The van der Waals surface area contributed by atoms with Crippen molar-refractivity contribution in [3.8, 4) is 17.2 Å². The first kappa shape index (κ1) is 23.5. The van der Waals surface area contributed by atoms with Crippen molar-refractivity contribution in [3.05, 3.63) is 52.6 Å². The Balaban J connectivity index is 1.61. The van der Waals surface area contributed by atoms with E-state index in [1.54, 1.807) is 14.2 Å². The van der Waals surface area contributed by atoms with Crippen molar-refractivity contribution in [2.45, 2.75) is 64.8 Å². The Hall–Kier alpha value is -2.69. The standard InChI is InChI=1S/C28H37NO4/c1-19-12-20(2)14-23(13-19)33-18-25-24-17-27(32-4)26(31-3)16-22(24)10-11-29(25)28(30)15-21-8-6-5-7-9-21/h12-14,16-17,21,25H,5-11,15,18H2,1-4H3. The number of aryl methyl sites for hydroxylation is 2. The van der Waals surface area contributed by atoms with Crippen LogP contribution in [0, 0.1) is 19.8 Å². The molecule has 0 bridgehead atoms. The van der Waals surface area contributed by atoms with Crippen LogP contribution in [0.15, 0.2) is 30.3 Å². The van der Waals surface area contributed by atoms with Crippen molar-refractivity contribution < 1.29 is 19.0 Å². The van der Waals surface area contributed by atoms with Crippen LogP contribution in [-0.4, -0.2) is 38.2 Å². The molecule has 33 heavy (non-hydrogen) atoms. The van der Waals surface area contributed by atoms with Crippen molar-refractivity contribution in [1.29, 1.82) is 0 Å².